The van der Waals surface area contributed by atoms with Crippen molar-refractivity contribution in [2.75, 3.05) is 19.7 Å². The van der Waals surface area contributed by atoms with Gasteiger partial charge in [0.15, 0.2) is 5.96 Å². The van der Waals surface area contributed by atoms with Gasteiger partial charge in [-0.3, -0.25) is 4.99 Å². The van der Waals surface area contributed by atoms with Crippen LogP contribution in [0.4, 0.5) is 0 Å². The van der Waals surface area contributed by atoms with Crippen molar-refractivity contribution in [3.05, 3.63) is 0 Å². The summed E-state index contributed by atoms with van der Waals surface area (Å²) in [6, 6.07) is 0.617. The van der Waals surface area contributed by atoms with Crippen LogP contribution in [0.2, 0.25) is 0 Å². The van der Waals surface area contributed by atoms with E-state index in [9.17, 15) is 0 Å². The van der Waals surface area contributed by atoms with Gasteiger partial charge in [0, 0.05) is 25.7 Å². The zero-order valence-electron chi connectivity index (χ0n) is 13.7. The fraction of sp³-hybridized carbons (Fsp3) is 0.941. The Balaban J connectivity index is 1.61. The lowest BCUT2D eigenvalue weighted by molar-refractivity contribution is 0.0579. The van der Waals surface area contributed by atoms with Gasteiger partial charge in [-0.2, -0.15) is 0 Å². The number of rotatable bonds is 7. The number of nitrogens with one attached hydrogen (secondary N) is 2. The molecule has 0 saturated heterocycles. The van der Waals surface area contributed by atoms with Gasteiger partial charge in [-0.15, -0.1) is 0 Å². The van der Waals surface area contributed by atoms with Crippen molar-refractivity contribution in [1.29, 1.82) is 0 Å². The Bertz CT molecular complexity index is 294. The third-order valence-corrected chi connectivity index (χ3v) is 4.52. The number of ether oxygens (including phenoxy) is 1. The molecule has 2 fully saturated rings. The smallest absolute Gasteiger partial charge is 0.191 e. The third kappa shape index (κ3) is 6.68. The highest BCUT2D eigenvalue weighted by molar-refractivity contribution is 5.80. The van der Waals surface area contributed by atoms with E-state index in [1.807, 2.05) is 0 Å². The van der Waals surface area contributed by atoms with Gasteiger partial charge in [-0.05, 0) is 39.0 Å². The van der Waals surface area contributed by atoms with Gasteiger partial charge in [0.25, 0.3) is 0 Å². The van der Waals surface area contributed by atoms with Crippen molar-refractivity contribution in [2.24, 2.45) is 4.99 Å². The van der Waals surface area contributed by atoms with Gasteiger partial charge in [-0.1, -0.05) is 32.1 Å². The number of hydrogen-bond acceptors (Lipinski definition) is 2. The lowest BCUT2D eigenvalue weighted by atomic mass is 9.96. The minimum Gasteiger partial charge on any atom is -0.378 e. The quantitative estimate of drug-likeness (QED) is 0.431. The van der Waals surface area contributed by atoms with E-state index in [4.69, 9.17) is 4.74 Å². The molecule has 0 atom stereocenters. The van der Waals surface area contributed by atoms with Crippen LogP contribution in [0.3, 0.4) is 0 Å². The lowest BCUT2D eigenvalue weighted by Gasteiger charge is -2.24. The Kier molecular flexibility index (Phi) is 7.94. The van der Waals surface area contributed by atoms with E-state index >= 15 is 0 Å². The van der Waals surface area contributed by atoms with Crippen molar-refractivity contribution in [3.8, 4) is 0 Å². The van der Waals surface area contributed by atoms with Crippen molar-refractivity contribution < 1.29 is 4.74 Å². The zero-order chi connectivity index (χ0) is 14.8. The SMILES string of the molecule is CCNC(=NCCCOC1CCCC1)NC1CCCCC1. The molecule has 0 spiro atoms. The second-order valence-electron chi connectivity index (χ2n) is 6.37. The molecular weight excluding hydrogens is 262 g/mol. The molecule has 2 rings (SSSR count). The van der Waals surface area contributed by atoms with Crippen molar-refractivity contribution in [2.45, 2.75) is 83.3 Å². The molecule has 2 aliphatic rings. The summed E-state index contributed by atoms with van der Waals surface area (Å²) in [6.07, 6.45) is 13.4. The molecule has 0 aromatic heterocycles. The highest BCUT2D eigenvalue weighted by Crippen LogP contribution is 2.20. The molecule has 0 aromatic rings. The number of hydrogen-bond donors (Lipinski definition) is 2. The summed E-state index contributed by atoms with van der Waals surface area (Å²) < 4.78 is 5.88. The van der Waals surface area contributed by atoms with Crippen LogP contribution >= 0.6 is 0 Å². The average Bonchev–Trinajstić information content (AvgIpc) is 3.01. The number of guanidine groups is 1. The fourth-order valence-electron chi connectivity index (χ4n) is 3.32. The van der Waals surface area contributed by atoms with Crippen LogP contribution in [0.15, 0.2) is 4.99 Å². The molecule has 4 heteroatoms. The predicted octanol–water partition coefficient (Wildman–Crippen LogP) is 3.22. The Hall–Kier alpha value is -0.770. The predicted molar refractivity (Wildman–Crippen MR) is 88.8 cm³/mol. The van der Waals surface area contributed by atoms with E-state index in [0.29, 0.717) is 12.1 Å². The topological polar surface area (TPSA) is 45.7 Å². The monoisotopic (exact) mass is 295 g/mol. The first-order chi connectivity index (χ1) is 10.4. The first-order valence-corrected chi connectivity index (χ1v) is 9.05. The second-order valence-corrected chi connectivity index (χ2v) is 6.37. The van der Waals surface area contributed by atoms with Gasteiger partial charge < -0.3 is 15.4 Å². The maximum atomic E-state index is 5.88. The molecule has 2 aliphatic carbocycles. The molecule has 0 aliphatic heterocycles. The van der Waals surface area contributed by atoms with Crippen LogP contribution in [-0.2, 0) is 4.74 Å². The van der Waals surface area contributed by atoms with Gasteiger partial charge in [-0.25, -0.2) is 0 Å². The maximum absolute atomic E-state index is 5.88. The molecule has 0 bridgehead atoms. The Labute approximate surface area is 130 Å². The van der Waals surface area contributed by atoms with Crippen LogP contribution in [0.1, 0.15) is 71.1 Å². The molecule has 122 valence electrons. The van der Waals surface area contributed by atoms with Crippen LogP contribution in [0.25, 0.3) is 0 Å². The van der Waals surface area contributed by atoms with Crippen LogP contribution in [0, 0.1) is 0 Å². The second kappa shape index (κ2) is 10.0. The van der Waals surface area contributed by atoms with Crippen molar-refractivity contribution in [3.63, 3.8) is 0 Å². The Morgan fingerprint density at radius 3 is 2.48 bits per heavy atom. The molecule has 2 N–H and O–H groups in total. The first-order valence-electron chi connectivity index (χ1n) is 9.05. The molecule has 21 heavy (non-hydrogen) atoms. The van der Waals surface area contributed by atoms with Crippen molar-refractivity contribution in [1.82, 2.24) is 10.6 Å². The van der Waals surface area contributed by atoms with Gasteiger partial charge in [0.1, 0.15) is 0 Å². The van der Waals surface area contributed by atoms with Gasteiger partial charge >= 0.3 is 0 Å². The van der Waals surface area contributed by atoms with Crippen LogP contribution in [0.5, 0.6) is 0 Å². The first kappa shape index (κ1) is 16.6. The van der Waals surface area contributed by atoms with E-state index in [1.165, 1.54) is 57.8 Å². The zero-order valence-corrected chi connectivity index (χ0v) is 13.7. The van der Waals surface area contributed by atoms with Gasteiger partial charge in [0.05, 0.1) is 6.10 Å². The lowest BCUT2D eigenvalue weighted by Crippen LogP contribution is -2.44. The minimum atomic E-state index is 0.530. The fourth-order valence-corrected chi connectivity index (χ4v) is 3.32. The van der Waals surface area contributed by atoms with E-state index in [0.717, 1.165) is 32.1 Å². The highest BCUT2D eigenvalue weighted by atomic mass is 16.5. The van der Waals surface area contributed by atoms with Crippen LogP contribution in [-0.4, -0.2) is 37.8 Å². The largest absolute Gasteiger partial charge is 0.378 e. The van der Waals surface area contributed by atoms with Gasteiger partial charge in [0.2, 0.25) is 0 Å². The normalized spacial score (nSPS) is 21.7. The molecule has 0 amide bonds. The number of aliphatic imine (C=N–C) groups is 1. The molecule has 0 radical (unpaired) electrons. The summed E-state index contributed by atoms with van der Waals surface area (Å²) in [5.74, 6) is 0.991. The van der Waals surface area contributed by atoms with E-state index in [-0.39, 0.29) is 0 Å². The summed E-state index contributed by atoms with van der Waals surface area (Å²) >= 11 is 0. The third-order valence-electron chi connectivity index (χ3n) is 4.52. The standard InChI is InChI=1S/C17H33N3O/c1-2-18-17(20-15-9-4-3-5-10-15)19-13-8-14-21-16-11-6-7-12-16/h15-16H,2-14H2,1H3,(H2,18,19,20). The Morgan fingerprint density at radius 2 is 1.76 bits per heavy atom. The average molecular weight is 295 g/mol. The highest BCUT2D eigenvalue weighted by Gasteiger charge is 2.15. The van der Waals surface area contributed by atoms with Crippen LogP contribution < -0.4 is 10.6 Å². The molecule has 0 unspecified atom stereocenters. The summed E-state index contributed by atoms with van der Waals surface area (Å²) in [4.78, 5) is 4.69. The molecular formula is C17H33N3O. The molecule has 0 heterocycles. The van der Waals surface area contributed by atoms with Crippen molar-refractivity contribution >= 4 is 5.96 Å². The summed E-state index contributed by atoms with van der Waals surface area (Å²) in [7, 11) is 0. The Morgan fingerprint density at radius 1 is 1.05 bits per heavy atom. The van der Waals surface area contributed by atoms with E-state index in [1.54, 1.807) is 0 Å². The summed E-state index contributed by atoms with van der Waals surface area (Å²) in [5, 5.41) is 6.95. The number of nitrogens with zero attached hydrogens (tertiary/aromatic N) is 1. The maximum Gasteiger partial charge on any atom is 0.191 e. The van der Waals surface area contributed by atoms with E-state index in [2.05, 4.69) is 22.5 Å². The minimum absolute atomic E-state index is 0.530. The molecule has 2 saturated carbocycles. The van der Waals surface area contributed by atoms with E-state index < -0.39 is 0 Å². The summed E-state index contributed by atoms with van der Waals surface area (Å²) in [5.41, 5.74) is 0. The molecule has 0 aromatic carbocycles. The summed E-state index contributed by atoms with van der Waals surface area (Å²) in [6.45, 7) is 4.77. The molecule has 4 nitrogen and oxygen atoms in total.